The number of nitrogens with zero attached hydrogens (tertiary/aromatic N) is 1. The number of benzene rings is 1. The van der Waals surface area contributed by atoms with Crippen molar-refractivity contribution in [1.82, 2.24) is 4.98 Å². The van der Waals surface area contributed by atoms with Crippen molar-refractivity contribution in [3.63, 3.8) is 0 Å². The van der Waals surface area contributed by atoms with E-state index in [0.29, 0.717) is 11.1 Å². The molecule has 0 atom stereocenters. The number of pyridine rings is 1. The van der Waals surface area contributed by atoms with Crippen LogP contribution in [0.1, 0.15) is 15.9 Å². The van der Waals surface area contributed by atoms with Gasteiger partial charge in [0.05, 0.1) is 12.1 Å². The summed E-state index contributed by atoms with van der Waals surface area (Å²) in [6.45, 7) is 0. The Morgan fingerprint density at radius 3 is 2.50 bits per heavy atom. The Balaban J connectivity index is 2.20. The maximum Gasteiger partial charge on any atom is 0.307 e. The fourth-order valence-corrected chi connectivity index (χ4v) is 1.67. The lowest BCUT2D eigenvalue weighted by Crippen LogP contribution is -2.12. The molecule has 0 bridgehead atoms. The summed E-state index contributed by atoms with van der Waals surface area (Å²) < 4.78 is 0. The van der Waals surface area contributed by atoms with E-state index < -0.39 is 11.9 Å². The summed E-state index contributed by atoms with van der Waals surface area (Å²) in [7, 11) is 0. The van der Waals surface area contributed by atoms with E-state index in [1.807, 2.05) is 0 Å². The lowest BCUT2D eigenvalue weighted by atomic mass is 10.1. The van der Waals surface area contributed by atoms with Gasteiger partial charge in [0.1, 0.15) is 5.75 Å². The highest BCUT2D eigenvalue weighted by Crippen LogP contribution is 2.25. The predicted molar refractivity (Wildman–Crippen MR) is 71.6 cm³/mol. The van der Waals surface area contributed by atoms with Crippen LogP contribution in [-0.4, -0.2) is 27.1 Å². The fourth-order valence-electron chi connectivity index (χ4n) is 1.67. The summed E-state index contributed by atoms with van der Waals surface area (Å²) >= 11 is 0. The molecule has 0 aliphatic carbocycles. The van der Waals surface area contributed by atoms with E-state index in [9.17, 15) is 14.7 Å². The van der Waals surface area contributed by atoms with Gasteiger partial charge in [0.2, 0.25) is 0 Å². The highest BCUT2D eigenvalue weighted by atomic mass is 16.4. The van der Waals surface area contributed by atoms with Crippen molar-refractivity contribution in [2.24, 2.45) is 0 Å². The summed E-state index contributed by atoms with van der Waals surface area (Å²) in [5.41, 5.74) is 1.05. The predicted octanol–water partition coefficient (Wildman–Crippen LogP) is 1.67. The molecule has 0 radical (unpaired) electrons. The van der Waals surface area contributed by atoms with Crippen molar-refractivity contribution in [2.75, 3.05) is 5.32 Å². The standard InChI is InChI=1S/C14H12N2O4/c17-12-2-1-9(8-13(18)19)7-11(12)16-14(20)10-3-5-15-6-4-10/h1-7,17H,8H2,(H,16,20)(H,18,19). The van der Waals surface area contributed by atoms with Crippen LogP contribution in [0.5, 0.6) is 5.75 Å². The lowest BCUT2D eigenvalue weighted by molar-refractivity contribution is -0.136. The van der Waals surface area contributed by atoms with E-state index in [0.717, 1.165) is 0 Å². The molecular formula is C14H12N2O4. The Bertz CT molecular complexity index is 641. The van der Waals surface area contributed by atoms with Gasteiger partial charge < -0.3 is 15.5 Å². The Kier molecular flexibility index (Phi) is 3.95. The summed E-state index contributed by atoms with van der Waals surface area (Å²) in [5.74, 6) is -1.51. The number of rotatable bonds is 4. The number of carbonyl (C=O) groups excluding carboxylic acids is 1. The molecule has 1 heterocycles. The van der Waals surface area contributed by atoms with Crippen LogP contribution in [0.3, 0.4) is 0 Å². The number of phenolic OH excluding ortho intramolecular Hbond substituents is 1. The first-order valence-electron chi connectivity index (χ1n) is 5.81. The van der Waals surface area contributed by atoms with E-state index in [2.05, 4.69) is 10.3 Å². The molecule has 3 N–H and O–H groups in total. The van der Waals surface area contributed by atoms with E-state index in [1.54, 1.807) is 0 Å². The molecule has 0 aliphatic heterocycles. The van der Waals surface area contributed by atoms with Crippen LogP contribution < -0.4 is 5.32 Å². The third-order valence-corrected chi connectivity index (χ3v) is 2.61. The topological polar surface area (TPSA) is 99.5 Å². The third-order valence-electron chi connectivity index (χ3n) is 2.61. The van der Waals surface area contributed by atoms with Gasteiger partial charge in [-0.3, -0.25) is 14.6 Å². The Morgan fingerprint density at radius 2 is 1.85 bits per heavy atom. The number of anilines is 1. The molecule has 0 saturated carbocycles. The largest absolute Gasteiger partial charge is 0.506 e. The number of hydrogen-bond acceptors (Lipinski definition) is 4. The minimum Gasteiger partial charge on any atom is -0.506 e. The Morgan fingerprint density at radius 1 is 1.15 bits per heavy atom. The van der Waals surface area contributed by atoms with Crippen LogP contribution >= 0.6 is 0 Å². The maximum atomic E-state index is 11.9. The summed E-state index contributed by atoms with van der Waals surface area (Å²) in [6.07, 6.45) is 2.78. The van der Waals surface area contributed by atoms with Crippen LogP contribution in [0.4, 0.5) is 5.69 Å². The zero-order valence-electron chi connectivity index (χ0n) is 10.4. The van der Waals surface area contributed by atoms with Crippen LogP contribution in [0.15, 0.2) is 42.7 Å². The SMILES string of the molecule is O=C(O)Cc1ccc(O)c(NC(=O)c2ccncc2)c1. The summed E-state index contributed by atoms with van der Waals surface area (Å²) in [5, 5.41) is 21.0. The van der Waals surface area contributed by atoms with Crippen LogP contribution in [0.25, 0.3) is 0 Å². The van der Waals surface area contributed by atoms with Gasteiger partial charge in [-0.2, -0.15) is 0 Å². The molecule has 1 amide bonds. The molecule has 1 aromatic heterocycles. The molecule has 102 valence electrons. The van der Waals surface area contributed by atoms with Crippen molar-refractivity contribution in [3.05, 3.63) is 53.9 Å². The van der Waals surface area contributed by atoms with Crippen molar-refractivity contribution in [2.45, 2.75) is 6.42 Å². The molecule has 0 unspecified atom stereocenters. The minimum absolute atomic E-state index is 0.124. The number of carboxylic acids is 1. The molecule has 20 heavy (non-hydrogen) atoms. The van der Waals surface area contributed by atoms with E-state index in [1.165, 1.54) is 42.7 Å². The van der Waals surface area contributed by atoms with Gasteiger partial charge in [0.15, 0.2) is 0 Å². The lowest BCUT2D eigenvalue weighted by Gasteiger charge is -2.08. The van der Waals surface area contributed by atoms with E-state index >= 15 is 0 Å². The number of carboxylic acid groups (broad SMARTS) is 1. The molecule has 0 saturated heterocycles. The normalized spacial score (nSPS) is 10.0. The fraction of sp³-hybridized carbons (Fsp3) is 0.0714. The summed E-state index contributed by atoms with van der Waals surface area (Å²) in [4.78, 5) is 26.4. The summed E-state index contributed by atoms with van der Waals surface area (Å²) in [6, 6.07) is 7.34. The quantitative estimate of drug-likeness (QED) is 0.735. The zero-order chi connectivity index (χ0) is 14.5. The van der Waals surface area contributed by atoms with Gasteiger partial charge in [-0.05, 0) is 29.8 Å². The second kappa shape index (κ2) is 5.83. The Hall–Kier alpha value is -2.89. The number of aromatic nitrogens is 1. The maximum absolute atomic E-state index is 11.9. The second-order valence-electron chi connectivity index (χ2n) is 4.11. The molecule has 1 aromatic carbocycles. The number of carbonyl (C=O) groups is 2. The van der Waals surface area contributed by atoms with Crippen LogP contribution in [0.2, 0.25) is 0 Å². The average molecular weight is 272 g/mol. The molecule has 6 heteroatoms. The van der Waals surface area contributed by atoms with Crippen molar-refractivity contribution in [1.29, 1.82) is 0 Å². The first-order valence-corrected chi connectivity index (χ1v) is 5.81. The monoisotopic (exact) mass is 272 g/mol. The zero-order valence-corrected chi connectivity index (χ0v) is 10.4. The molecule has 0 spiro atoms. The first-order chi connectivity index (χ1) is 9.56. The van der Waals surface area contributed by atoms with E-state index in [-0.39, 0.29) is 17.9 Å². The molecule has 2 rings (SSSR count). The molecule has 0 fully saturated rings. The number of phenols is 1. The number of nitrogens with one attached hydrogen (secondary N) is 1. The smallest absolute Gasteiger partial charge is 0.307 e. The van der Waals surface area contributed by atoms with Gasteiger partial charge in [-0.15, -0.1) is 0 Å². The van der Waals surface area contributed by atoms with Gasteiger partial charge in [0.25, 0.3) is 5.91 Å². The van der Waals surface area contributed by atoms with Crippen molar-refractivity contribution >= 4 is 17.6 Å². The average Bonchev–Trinajstić information content (AvgIpc) is 2.43. The van der Waals surface area contributed by atoms with Crippen LogP contribution in [0, 0.1) is 0 Å². The van der Waals surface area contributed by atoms with Gasteiger partial charge in [-0.25, -0.2) is 0 Å². The molecule has 2 aromatic rings. The molecule has 0 aliphatic rings. The number of amides is 1. The first kappa shape index (κ1) is 13.5. The van der Waals surface area contributed by atoms with Gasteiger partial charge >= 0.3 is 5.97 Å². The van der Waals surface area contributed by atoms with Gasteiger partial charge in [-0.1, -0.05) is 6.07 Å². The minimum atomic E-state index is -0.984. The van der Waals surface area contributed by atoms with Gasteiger partial charge in [0, 0.05) is 18.0 Å². The Labute approximate surface area is 114 Å². The highest BCUT2D eigenvalue weighted by Gasteiger charge is 2.10. The number of hydrogen-bond donors (Lipinski definition) is 3. The van der Waals surface area contributed by atoms with E-state index in [4.69, 9.17) is 5.11 Å². The van der Waals surface area contributed by atoms with Crippen molar-refractivity contribution < 1.29 is 19.8 Å². The molecule has 6 nitrogen and oxygen atoms in total. The van der Waals surface area contributed by atoms with Crippen LogP contribution in [-0.2, 0) is 11.2 Å². The third kappa shape index (κ3) is 3.32. The molecular weight excluding hydrogens is 260 g/mol. The van der Waals surface area contributed by atoms with Crippen molar-refractivity contribution in [3.8, 4) is 5.75 Å². The number of aliphatic carboxylic acids is 1. The number of aromatic hydroxyl groups is 1. The highest BCUT2D eigenvalue weighted by molar-refractivity contribution is 6.04. The second-order valence-corrected chi connectivity index (χ2v) is 4.11.